The van der Waals surface area contributed by atoms with E-state index >= 15 is 0 Å². The lowest BCUT2D eigenvalue weighted by Crippen LogP contribution is -2.37. The molecular formula is C30H44N8OS. The lowest BCUT2D eigenvalue weighted by atomic mass is 9.92. The van der Waals surface area contributed by atoms with Gasteiger partial charge in [-0.1, -0.05) is 36.7 Å². The predicted octanol–water partition coefficient (Wildman–Crippen LogP) is 4.57. The van der Waals surface area contributed by atoms with E-state index in [0.29, 0.717) is 23.8 Å². The van der Waals surface area contributed by atoms with Crippen molar-refractivity contribution in [2.75, 3.05) is 18.8 Å². The van der Waals surface area contributed by atoms with Crippen LogP contribution in [0.25, 0.3) is 16.7 Å². The molecule has 4 heterocycles. The number of thioether (sulfide) groups is 1. The van der Waals surface area contributed by atoms with Crippen LogP contribution in [0.2, 0.25) is 0 Å². The molecule has 0 spiro atoms. The van der Waals surface area contributed by atoms with Crippen LogP contribution in [-0.2, 0) is 0 Å². The monoisotopic (exact) mass is 564 g/mol. The average Bonchev–Trinajstić information content (AvgIpc) is 3.35. The van der Waals surface area contributed by atoms with Gasteiger partial charge in [0.1, 0.15) is 5.65 Å². The van der Waals surface area contributed by atoms with Crippen molar-refractivity contribution in [3.63, 3.8) is 0 Å². The van der Waals surface area contributed by atoms with Gasteiger partial charge >= 0.3 is 5.69 Å². The van der Waals surface area contributed by atoms with E-state index in [1.165, 1.54) is 36.6 Å². The van der Waals surface area contributed by atoms with Crippen LogP contribution in [0.1, 0.15) is 88.1 Å². The van der Waals surface area contributed by atoms with E-state index in [0.717, 1.165) is 74.1 Å². The molecule has 1 aromatic carbocycles. The fourth-order valence-electron chi connectivity index (χ4n) is 6.30. The Labute approximate surface area is 241 Å². The van der Waals surface area contributed by atoms with Crippen LogP contribution in [0.5, 0.6) is 0 Å². The summed E-state index contributed by atoms with van der Waals surface area (Å²) in [6.07, 6.45) is 12.0. The summed E-state index contributed by atoms with van der Waals surface area (Å²) in [6.45, 7) is 4.21. The smallest absolute Gasteiger partial charge is 0.354 e. The maximum atomic E-state index is 13.0. The van der Waals surface area contributed by atoms with E-state index in [2.05, 4.69) is 45.3 Å². The van der Waals surface area contributed by atoms with Crippen LogP contribution in [0.4, 0.5) is 0 Å². The third kappa shape index (κ3) is 7.15. The van der Waals surface area contributed by atoms with Crippen molar-refractivity contribution in [1.82, 2.24) is 24.8 Å². The molecule has 0 radical (unpaired) electrons. The van der Waals surface area contributed by atoms with Crippen LogP contribution in [0, 0.1) is 5.41 Å². The highest BCUT2D eigenvalue weighted by Gasteiger charge is 2.26. The molecule has 0 amide bonds. The molecule has 4 atom stereocenters. The molecule has 3 aromatic rings. The molecular weight excluding hydrogens is 520 g/mol. The Morgan fingerprint density at radius 1 is 1.20 bits per heavy atom. The highest BCUT2D eigenvalue weighted by Crippen LogP contribution is 2.32. The summed E-state index contributed by atoms with van der Waals surface area (Å²) in [6, 6.07) is 11.8. The molecule has 2 fully saturated rings. The fraction of sp³-hybridized carbons (Fsp3) is 0.567. The summed E-state index contributed by atoms with van der Waals surface area (Å²) in [4.78, 5) is 23.5. The Hall–Kier alpha value is -2.66. The minimum absolute atomic E-state index is 0.186. The molecule has 2 aliphatic rings. The first-order valence-electron chi connectivity index (χ1n) is 14.8. The second-order valence-corrected chi connectivity index (χ2v) is 12.7. The highest BCUT2D eigenvalue weighted by atomic mass is 32.2. The fourth-order valence-corrected chi connectivity index (χ4v) is 6.92. The van der Waals surface area contributed by atoms with E-state index < -0.39 is 0 Å². The van der Waals surface area contributed by atoms with Crippen LogP contribution in [-0.4, -0.2) is 55.5 Å². The molecule has 2 aromatic heterocycles. The summed E-state index contributed by atoms with van der Waals surface area (Å²) < 4.78 is 1.65. The van der Waals surface area contributed by atoms with Gasteiger partial charge in [-0.15, -0.1) is 0 Å². The molecule has 10 heteroatoms. The number of benzene rings is 1. The number of amidine groups is 1. The lowest BCUT2D eigenvalue weighted by Gasteiger charge is -2.35. The zero-order chi connectivity index (χ0) is 28.1. The van der Waals surface area contributed by atoms with Crippen molar-refractivity contribution < 1.29 is 0 Å². The first-order valence-corrected chi connectivity index (χ1v) is 15.8. The number of rotatable bonds is 10. The SMILES string of the molecule is C[C@H](N)CCCN1CCCCC1c1cc2cn(-c3ccc([C@@H]4CCC[C@@H](CCSC(=N)N)N4)cc3)c(=O)nc2[nH]1. The number of aromatic nitrogens is 3. The zero-order valence-electron chi connectivity index (χ0n) is 23.6. The Bertz CT molecular complexity index is 1330. The number of hydrogen-bond donors (Lipinski definition) is 5. The number of nitrogens with two attached hydrogens (primary N) is 2. The van der Waals surface area contributed by atoms with Crippen molar-refractivity contribution in [3.8, 4) is 5.69 Å². The van der Waals surface area contributed by atoms with Crippen LogP contribution in [0.3, 0.4) is 0 Å². The maximum Gasteiger partial charge on any atom is 0.354 e. The van der Waals surface area contributed by atoms with Crippen molar-refractivity contribution in [2.45, 2.75) is 88.9 Å². The Kier molecular flexibility index (Phi) is 9.62. The van der Waals surface area contributed by atoms with E-state index in [4.69, 9.17) is 16.9 Å². The number of H-pyrrole nitrogens is 1. The van der Waals surface area contributed by atoms with Gasteiger partial charge in [0.25, 0.3) is 0 Å². The van der Waals surface area contributed by atoms with Gasteiger partial charge in [-0.25, -0.2) is 4.79 Å². The van der Waals surface area contributed by atoms with Crippen molar-refractivity contribution in [3.05, 3.63) is 58.3 Å². The molecule has 0 bridgehead atoms. The van der Waals surface area contributed by atoms with Gasteiger partial charge in [-0.3, -0.25) is 14.9 Å². The standard InChI is InChI=1S/C30H44N8OS/c1-20(31)6-5-16-37-15-3-2-9-27(37)26-18-22-19-38(30(39)36-28(22)35-26)24-12-10-21(11-13-24)25-8-4-7-23(34-25)14-17-40-29(32)33/h10-13,18-20,23,25,27,34H,2-9,14-17,31H2,1H3,(H3,32,33)(H,35,36,39)/t20-,23-,25-,27?/m0/s1. The van der Waals surface area contributed by atoms with Gasteiger partial charge in [-0.2, -0.15) is 4.98 Å². The molecule has 0 saturated carbocycles. The van der Waals surface area contributed by atoms with Gasteiger partial charge in [-0.05, 0) is 88.7 Å². The molecule has 2 aliphatic heterocycles. The zero-order valence-corrected chi connectivity index (χ0v) is 24.4. The Balaban J connectivity index is 1.29. The second kappa shape index (κ2) is 13.3. The molecule has 5 rings (SSSR count). The molecule has 40 heavy (non-hydrogen) atoms. The normalized spacial score (nSPS) is 22.9. The molecule has 9 nitrogen and oxygen atoms in total. The van der Waals surface area contributed by atoms with Gasteiger partial charge < -0.3 is 21.8 Å². The second-order valence-electron chi connectivity index (χ2n) is 11.5. The number of nitrogens with zero attached hydrogens (tertiary/aromatic N) is 3. The van der Waals surface area contributed by atoms with Crippen LogP contribution < -0.4 is 22.5 Å². The summed E-state index contributed by atoms with van der Waals surface area (Å²) >= 11 is 1.41. The topological polar surface area (TPSA) is 142 Å². The van der Waals surface area contributed by atoms with Gasteiger partial charge in [0.05, 0.1) is 5.69 Å². The van der Waals surface area contributed by atoms with Gasteiger partial charge in [0.15, 0.2) is 5.17 Å². The largest absolute Gasteiger partial charge is 0.379 e. The summed E-state index contributed by atoms with van der Waals surface area (Å²) in [5, 5.41) is 12.3. The maximum absolute atomic E-state index is 13.0. The number of piperidine rings is 2. The highest BCUT2D eigenvalue weighted by molar-refractivity contribution is 8.13. The third-order valence-corrected chi connectivity index (χ3v) is 9.14. The van der Waals surface area contributed by atoms with Crippen LogP contribution in [0.15, 0.2) is 41.3 Å². The number of likely N-dealkylation sites (tertiary alicyclic amines) is 1. The molecule has 216 valence electrons. The number of hydrogen-bond acceptors (Lipinski definition) is 7. The van der Waals surface area contributed by atoms with E-state index in [-0.39, 0.29) is 16.9 Å². The van der Waals surface area contributed by atoms with Crippen molar-refractivity contribution in [2.24, 2.45) is 11.5 Å². The number of aromatic amines is 1. The molecule has 7 N–H and O–H groups in total. The summed E-state index contributed by atoms with van der Waals surface area (Å²) in [5.41, 5.74) is 15.1. The van der Waals surface area contributed by atoms with Crippen molar-refractivity contribution >= 4 is 28.0 Å². The average molecular weight is 565 g/mol. The quantitative estimate of drug-likeness (QED) is 0.179. The summed E-state index contributed by atoms with van der Waals surface area (Å²) in [7, 11) is 0. The van der Waals surface area contributed by atoms with Crippen LogP contribution >= 0.6 is 11.8 Å². The number of nitrogens with one attached hydrogen (secondary N) is 3. The number of fused-ring (bicyclic) bond motifs is 1. The summed E-state index contributed by atoms with van der Waals surface area (Å²) in [5.74, 6) is 0.865. The van der Waals surface area contributed by atoms with E-state index in [1.54, 1.807) is 4.57 Å². The molecule has 0 aliphatic carbocycles. The minimum Gasteiger partial charge on any atom is -0.379 e. The molecule has 2 saturated heterocycles. The molecule has 1 unspecified atom stereocenters. The van der Waals surface area contributed by atoms with E-state index in [9.17, 15) is 4.79 Å². The van der Waals surface area contributed by atoms with Gasteiger partial charge in [0, 0.05) is 47.2 Å². The van der Waals surface area contributed by atoms with Crippen molar-refractivity contribution in [1.29, 1.82) is 5.41 Å². The first-order chi connectivity index (χ1) is 19.4. The third-order valence-electron chi connectivity index (χ3n) is 8.39. The van der Waals surface area contributed by atoms with Gasteiger partial charge in [0.2, 0.25) is 0 Å². The lowest BCUT2D eigenvalue weighted by molar-refractivity contribution is 0.143. The predicted molar refractivity (Wildman–Crippen MR) is 165 cm³/mol. The Morgan fingerprint density at radius 3 is 2.80 bits per heavy atom. The first kappa shape index (κ1) is 28.9. The van der Waals surface area contributed by atoms with E-state index in [1.807, 2.05) is 18.3 Å². The minimum atomic E-state index is -0.273. The Morgan fingerprint density at radius 2 is 2.02 bits per heavy atom.